The fraction of sp³-hybridized carbons (Fsp3) is 0.444. The number of rotatable bonds is 5. The number of anilines is 1. The normalized spacial score (nSPS) is 21.8. The number of halogens is 3. The highest BCUT2D eigenvalue weighted by atomic mass is 35.5. The summed E-state index contributed by atoms with van der Waals surface area (Å²) in [5.74, 6) is -1.24. The molecule has 3 unspecified atom stereocenters. The summed E-state index contributed by atoms with van der Waals surface area (Å²) in [5, 5.41) is 8.88. The van der Waals surface area contributed by atoms with Crippen LogP contribution in [0, 0.1) is 11.6 Å². The topological polar surface area (TPSA) is 70.2 Å². The summed E-state index contributed by atoms with van der Waals surface area (Å²) in [4.78, 5) is 13.6. The largest absolute Gasteiger partial charge is 0.380 e. The van der Waals surface area contributed by atoms with Crippen LogP contribution in [0.15, 0.2) is 29.2 Å². The number of nitrogens with zero attached hydrogens (tertiary/aromatic N) is 2. The summed E-state index contributed by atoms with van der Waals surface area (Å²) in [6.45, 7) is 5.02. The summed E-state index contributed by atoms with van der Waals surface area (Å²) in [7, 11) is 0. The monoisotopic (exact) mass is 398 g/mol. The van der Waals surface area contributed by atoms with E-state index in [9.17, 15) is 13.6 Å². The Hall–Kier alpha value is -2.03. The number of hydrogen-bond acceptors (Lipinski definition) is 5. The Morgan fingerprint density at radius 1 is 1.33 bits per heavy atom. The van der Waals surface area contributed by atoms with Gasteiger partial charge in [-0.15, -0.1) is 0 Å². The molecule has 6 nitrogen and oxygen atoms in total. The van der Waals surface area contributed by atoms with E-state index < -0.39 is 23.2 Å². The van der Waals surface area contributed by atoms with Gasteiger partial charge < -0.3 is 10.1 Å². The minimum atomic E-state index is -0.622. The molecule has 1 fully saturated rings. The maximum atomic E-state index is 14.5. The first-order valence-corrected chi connectivity index (χ1v) is 9.05. The van der Waals surface area contributed by atoms with Crippen LogP contribution in [-0.4, -0.2) is 46.9 Å². The van der Waals surface area contributed by atoms with Crippen molar-refractivity contribution in [2.45, 2.75) is 32.1 Å². The van der Waals surface area contributed by atoms with Crippen molar-refractivity contribution in [2.24, 2.45) is 0 Å². The third-order valence-corrected chi connectivity index (χ3v) is 4.88. The highest BCUT2D eigenvalue weighted by Crippen LogP contribution is 2.30. The van der Waals surface area contributed by atoms with Crippen LogP contribution < -0.4 is 10.9 Å². The maximum absolute atomic E-state index is 14.5. The molecule has 9 heteroatoms. The quantitative estimate of drug-likeness (QED) is 0.810. The third kappa shape index (κ3) is 4.45. The van der Waals surface area contributed by atoms with E-state index in [1.54, 1.807) is 0 Å². The molecule has 1 aliphatic rings. The van der Waals surface area contributed by atoms with E-state index in [2.05, 4.69) is 15.5 Å². The first kappa shape index (κ1) is 19.7. The molecule has 3 rings (SSSR count). The predicted molar refractivity (Wildman–Crippen MR) is 99.0 cm³/mol. The van der Waals surface area contributed by atoms with Gasteiger partial charge in [0.15, 0.2) is 0 Å². The third-order valence-electron chi connectivity index (χ3n) is 4.50. The fourth-order valence-electron chi connectivity index (χ4n) is 3.43. The van der Waals surface area contributed by atoms with Crippen LogP contribution in [0.2, 0.25) is 5.02 Å². The Balaban J connectivity index is 1.92. The Kier molecular flexibility index (Phi) is 6.08. The smallest absolute Gasteiger partial charge is 0.285 e. The molecule has 0 saturated carbocycles. The molecule has 2 heterocycles. The lowest BCUT2D eigenvalue weighted by Crippen LogP contribution is -2.48. The van der Waals surface area contributed by atoms with Gasteiger partial charge in [0, 0.05) is 25.2 Å². The Labute approximate surface area is 160 Å². The number of morpholine rings is 1. The molecular weight excluding hydrogens is 378 g/mol. The Morgan fingerprint density at radius 3 is 2.59 bits per heavy atom. The molecule has 0 bridgehead atoms. The van der Waals surface area contributed by atoms with E-state index in [4.69, 9.17) is 16.3 Å². The zero-order chi connectivity index (χ0) is 19.6. The number of aromatic nitrogens is 2. The maximum Gasteiger partial charge on any atom is 0.285 e. The van der Waals surface area contributed by atoms with Crippen LogP contribution in [0.25, 0.3) is 0 Å². The van der Waals surface area contributed by atoms with Gasteiger partial charge in [0.25, 0.3) is 5.56 Å². The molecule has 146 valence electrons. The molecule has 27 heavy (non-hydrogen) atoms. The van der Waals surface area contributed by atoms with Gasteiger partial charge in [-0.1, -0.05) is 17.7 Å². The minimum absolute atomic E-state index is 0.0276. The second-order valence-corrected chi connectivity index (χ2v) is 7.05. The van der Waals surface area contributed by atoms with Gasteiger partial charge in [-0.25, -0.2) is 13.9 Å². The second kappa shape index (κ2) is 8.33. The van der Waals surface area contributed by atoms with Crippen molar-refractivity contribution in [3.63, 3.8) is 0 Å². The number of hydrogen-bond donors (Lipinski definition) is 2. The van der Waals surface area contributed by atoms with E-state index in [0.29, 0.717) is 18.8 Å². The SMILES string of the molecule is CC1CN(C(CNc2cn[nH]c(=O)c2Cl)c2c(F)cccc2F)CC(C)O1. The summed E-state index contributed by atoms with van der Waals surface area (Å²) >= 11 is 5.99. The second-order valence-electron chi connectivity index (χ2n) is 6.67. The zero-order valence-electron chi connectivity index (χ0n) is 15.0. The summed E-state index contributed by atoms with van der Waals surface area (Å²) in [6.07, 6.45) is 1.22. The van der Waals surface area contributed by atoms with E-state index >= 15 is 0 Å². The van der Waals surface area contributed by atoms with Crippen LogP contribution >= 0.6 is 11.6 Å². The summed E-state index contributed by atoms with van der Waals surface area (Å²) < 4.78 is 34.7. The van der Waals surface area contributed by atoms with Crippen molar-refractivity contribution in [1.29, 1.82) is 0 Å². The van der Waals surface area contributed by atoms with Gasteiger partial charge in [-0.3, -0.25) is 9.69 Å². The highest BCUT2D eigenvalue weighted by molar-refractivity contribution is 6.32. The summed E-state index contributed by atoms with van der Waals surface area (Å²) in [5.41, 5.74) is -0.263. The average Bonchev–Trinajstić information content (AvgIpc) is 2.60. The van der Waals surface area contributed by atoms with Gasteiger partial charge in [-0.2, -0.15) is 5.10 Å². The zero-order valence-corrected chi connectivity index (χ0v) is 15.8. The van der Waals surface area contributed by atoms with Crippen LogP contribution in [0.3, 0.4) is 0 Å². The molecule has 2 N–H and O–H groups in total. The van der Waals surface area contributed by atoms with Crippen molar-refractivity contribution in [2.75, 3.05) is 25.0 Å². The van der Waals surface area contributed by atoms with Crippen molar-refractivity contribution < 1.29 is 13.5 Å². The lowest BCUT2D eigenvalue weighted by atomic mass is 10.0. The molecule has 1 saturated heterocycles. The molecule has 2 aromatic rings. The van der Waals surface area contributed by atoms with E-state index in [0.717, 1.165) is 0 Å². The Bertz CT molecular complexity index is 833. The van der Waals surface area contributed by atoms with E-state index in [1.807, 2.05) is 18.7 Å². The van der Waals surface area contributed by atoms with Gasteiger partial charge in [-0.05, 0) is 26.0 Å². The average molecular weight is 399 g/mol. The Morgan fingerprint density at radius 2 is 1.96 bits per heavy atom. The molecule has 3 atom stereocenters. The molecule has 1 aliphatic heterocycles. The first-order chi connectivity index (χ1) is 12.9. The van der Waals surface area contributed by atoms with Gasteiger partial charge >= 0.3 is 0 Å². The van der Waals surface area contributed by atoms with Gasteiger partial charge in [0.1, 0.15) is 16.7 Å². The molecule has 0 radical (unpaired) electrons. The number of nitrogens with one attached hydrogen (secondary N) is 2. The number of H-pyrrole nitrogens is 1. The lowest BCUT2D eigenvalue weighted by molar-refractivity contribution is -0.0801. The molecular formula is C18H21ClF2N4O2. The van der Waals surface area contributed by atoms with Crippen LogP contribution in [0.5, 0.6) is 0 Å². The first-order valence-electron chi connectivity index (χ1n) is 8.67. The van der Waals surface area contributed by atoms with E-state index in [1.165, 1.54) is 24.4 Å². The molecule has 0 amide bonds. The highest BCUT2D eigenvalue weighted by Gasteiger charge is 2.32. The molecule has 0 spiro atoms. The number of aromatic amines is 1. The van der Waals surface area contributed by atoms with Crippen LogP contribution in [0.4, 0.5) is 14.5 Å². The number of ether oxygens (including phenoxy) is 1. The standard InChI is InChI=1S/C18H21ClF2N4O2/c1-10-8-25(9-11(2)27-10)15(16-12(20)4-3-5-13(16)21)7-22-14-6-23-24-18(26)17(14)19/h3-6,10-11,15H,7-9H2,1-2H3,(H2,22,24,26). The van der Waals surface area contributed by atoms with Crippen molar-refractivity contribution in [1.82, 2.24) is 15.1 Å². The lowest BCUT2D eigenvalue weighted by Gasteiger charge is -2.40. The molecule has 0 aliphatic carbocycles. The molecule has 1 aromatic heterocycles. The van der Waals surface area contributed by atoms with Gasteiger partial charge in [0.05, 0.1) is 30.1 Å². The fourth-order valence-corrected chi connectivity index (χ4v) is 3.59. The van der Waals surface area contributed by atoms with Crippen molar-refractivity contribution in [3.05, 3.63) is 57.0 Å². The molecule has 1 aromatic carbocycles. The number of benzene rings is 1. The van der Waals surface area contributed by atoms with E-state index in [-0.39, 0.29) is 29.3 Å². The summed E-state index contributed by atoms with van der Waals surface area (Å²) in [6, 6.07) is 3.19. The minimum Gasteiger partial charge on any atom is -0.380 e. The van der Waals surface area contributed by atoms with Crippen molar-refractivity contribution in [3.8, 4) is 0 Å². The van der Waals surface area contributed by atoms with Crippen molar-refractivity contribution >= 4 is 17.3 Å². The van der Waals surface area contributed by atoms with Crippen LogP contribution in [0.1, 0.15) is 25.5 Å². The predicted octanol–water partition coefficient (Wildman–Crippen LogP) is 2.96. The van der Waals surface area contributed by atoms with Crippen LogP contribution in [-0.2, 0) is 4.74 Å². The van der Waals surface area contributed by atoms with Gasteiger partial charge in [0.2, 0.25) is 0 Å².